The third kappa shape index (κ3) is 1.28. The molecule has 2 atom stereocenters. The van der Waals surface area contributed by atoms with Crippen LogP contribution in [0.2, 0.25) is 0 Å². The third-order valence-corrected chi connectivity index (χ3v) is 3.64. The van der Waals surface area contributed by atoms with E-state index in [1.165, 1.54) is 24.8 Å². The molecule has 0 unspecified atom stereocenters. The zero-order valence-electron chi connectivity index (χ0n) is 8.73. The van der Waals surface area contributed by atoms with Gasteiger partial charge in [-0.2, -0.15) is 0 Å². The summed E-state index contributed by atoms with van der Waals surface area (Å²) in [5, 5.41) is 0. The van der Waals surface area contributed by atoms with Crippen LogP contribution in [0.5, 0.6) is 0 Å². The van der Waals surface area contributed by atoms with Crippen molar-refractivity contribution in [3.8, 4) is 0 Å². The van der Waals surface area contributed by atoms with Gasteiger partial charge in [0, 0.05) is 12.6 Å². The zero-order chi connectivity index (χ0) is 10.3. The summed E-state index contributed by atoms with van der Waals surface area (Å²) in [6, 6.07) is 10.7. The van der Waals surface area contributed by atoms with Crippen LogP contribution < -0.4 is 0 Å². The van der Waals surface area contributed by atoms with Crippen molar-refractivity contribution in [1.82, 2.24) is 4.90 Å². The second kappa shape index (κ2) is 3.37. The Morgan fingerprint density at radius 3 is 2.73 bits per heavy atom. The second-order valence-corrected chi connectivity index (χ2v) is 4.48. The van der Waals surface area contributed by atoms with E-state index in [0.717, 1.165) is 6.54 Å². The van der Waals surface area contributed by atoms with Crippen LogP contribution in [-0.4, -0.2) is 23.4 Å². The molecule has 0 bridgehead atoms. The number of piperidine rings is 1. The number of β-lactam (4-membered cyclic amide) rings is 1. The summed E-state index contributed by atoms with van der Waals surface area (Å²) in [4.78, 5) is 14.0. The standard InChI is InChI=1S/C13H15NO/c15-13-12(10-6-2-1-3-7-10)11-8-4-5-9-14(11)13/h1-3,6-7,11-12H,4-5,8-9H2/t11-,12+/m0/s1. The molecule has 1 amide bonds. The largest absolute Gasteiger partial charge is 0.338 e. The van der Waals surface area contributed by atoms with E-state index in [4.69, 9.17) is 0 Å². The molecular formula is C13H15NO. The third-order valence-electron chi connectivity index (χ3n) is 3.64. The fourth-order valence-electron chi connectivity index (χ4n) is 2.86. The minimum absolute atomic E-state index is 0.159. The van der Waals surface area contributed by atoms with Crippen molar-refractivity contribution in [3.63, 3.8) is 0 Å². The highest BCUT2D eigenvalue weighted by Crippen LogP contribution is 2.40. The van der Waals surface area contributed by atoms with Gasteiger partial charge in [-0.05, 0) is 24.8 Å². The first-order valence-corrected chi connectivity index (χ1v) is 5.73. The SMILES string of the molecule is O=C1[C@H](c2ccccc2)[C@@H]2CCCCN12. The predicted octanol–water partition coefficient (Wildman–Crippen LogP) is 2.16. The van der Waals surface area contributed by atoms with Crippen molar-refractivity contribution in [2.75, 3.05) is 6.54 Å². The number of carbonyl (C=O) groups is 1. The number of carbonyl (C=O) groups excluding carboxylic acids is 1. The lowest BCUT2D eigenvalue weighted by atomic mass is 9.77. The molecular weight excluding hydrogens is 186 g/mol. The van der Waals surface area contributed by atoms with E-state index in [1.807, 2.05) is 18.2 Å². The average Bonchev–Trinajstić information content (AvgIpc) is 2.30. The van der Waals surface area contributed by atoms with Gasteiger partial charge in [-0.1, -0.05) is 30.3 Å². The molecule has 0 radical (unpaired) electrons. The van der Waals surface area contributed by atoms with Crippen LogP contribution in [0, 0.1) is 0 Å². The summed E-state index contributed by atoms with van der Waals surface area (Å²) in [6.45, 7) is 0.979. The lowest BCUT2D eigenvalue weighted by molar-refractivity contribution is -0.152. The first kappa shape index (κ1) is 8.96. The van der Waals surface area contributed by atoms with Crippen molar-refractivity contribution >= 4 is 5.91 Å². The fraction of sp³-hybridized carbons (Fsp3) is 0.462. The monoisotopic (exact) mass is 201 g/mol. The maximum absolute atomic E-state index is 11.9. The summed E-state index contributed by atoms with van der Waals surface area (Å²) in [7, 11) is 0. The van der Waals surface area contributed by atoms with Gasteiger partial charge in [-0.25, -0.2) is 0 Å². The number of rotatable bonds is 1. The quantitative estimate of drug-likeness (QED) is 0.638. The Balaban J connectivity index is 1.86. The topological polar surface area (TPSA) is 20.3 Å². The van der Waals surface area contributed by atoms with Gasteiger partial charge in [0.15, 0.2) is 0 Å². The molecule has 0 saturated carbocycles. The fourth-order valence-corrected chi connectivity index (χ4v) is 2.86. The smallest absolute Gasteiger partial charge is 0.232 e. The molecule has 2 saturated heterocycles. The lowest BCUT2D eigenvalue weighted by Crippen LogP contribution is -2.60. The molecule has 2 aliphatic rings. The van der Waals surface area contributed by atoms with Gasteiger partial charge in [0.05, 0.1) is 5.92 Å². The molecule has 3 rings (SSSR count). The van der Waals surface area contributed by atoms with Crippen molar-refractivity contribution in [2.45, 2.75) is 31.2 Å². The summed E-state index contributed by atoms with van der Waals surface area (Å²) in [6.07, 6.45) is 3.65. The molecule has 2 aliphatic heterocycles. The molecule has 2 heteroatoms. The number of amides is 1. The first-order valence-electron chi connectivity index (χ1n) is 5.73. The van der Waals surface area contributed by atoms with E-state index < -0.39 is 0 Å². The zero-order valence-corrected chi connectivity index (χ0v) is 8.73. The van der Waals surface area contributed by atoms with Gasteiger partial charge in [-0.3, -0.25) is 4.79 Å². The summed E-state index contributed by atoms with van der Waals surface area (Å²) in [5.74, 6) is 0.498. The molecule has 0 spiro atoms. The molecule has 2 fully saturated rings. The van der Waals surface area contributed by atoms with Gasteiger partial charge < -0.3 is 4.90 Å². The van der Waals surface area contributed by atoms with Crippen LogP contribution in [0.4, 0.5) is 0 Å². The van der Waals surface area contributed by atoms with Crippen molar-refractivity contribution < 1.29 is 4.79 Å². The Bertz CT molecular complexity index is 373. The van der Waals surface area contributed by atoms with E-state index in [9.17, 15) is 4.79 Å². The van der Waals surface area contributed by atoms with Gasteiger partial charge in [0.2, 0.25) is 5.91 Å². The van der Waals surface area contributed by atoms with Crippen LogP contribution in [-0.2, 0) is 4.79 Å². The Hall–Kier alpha value is -1.31. The minimum Gasteiger partial charge on any atom is -0.338 e. The number of hydrogen-bond donors (Lipinski definition) is 0. The number of hydrogen-bond acceptors (Lipinski definition) is 1. The van der Waals surface area contributed by atoms with Crippen molar-refractivity contribution in [2.24, 2.45) is 0 Å². The molecule has 2 nitrogen and oxygen atoms in total. The van der Waals surface area contributed by atoms with Crippen LogP contribution in [0.15, 0.2) is 30.3 Å². The molecule has 78 valence electrons. The molecule has 0 aromatic heterocycles. The summed E-state index contributed by atoms with van der Waals surface area (Å²) >= 11 is 0. The van der Waals surface area contributed by atoms with E-state index in [0.29, 0.717) is 11.9 Å². The van der Waals surface area contributed by atoms with Crippen LogP contribution in [0.3, 0.4) is 0 Å². The van der Waals surface area contributed by atoms with Crippen LogP contribution in [0.1, 0.15) is 30.7 Å². The Morgan fingerprint density at radius 2 is 1.93 bits per heavy atom. The van der Waals surface area contributed by atoms with E-state index in [2.05, 4.69) is 17.0 Å². The lowest BCUT2D eigenvalue weighted by Gasteiger charge is -2.50. The van der Waals surface area contributed by atoms with Gasteiger partial charge in [0.25, 0.3) is 0 Å². The molecule has 1 aromatic carbocycles. The Labute approximate surface area is 89.9 Å². The molecule has 15 heavy (non-hydrogen) atoms. The summed E-state index contributed by atoms with van der Waals surface area (Å²) < 4.78 is 0. The number of fused-ring (bicyclic) bond motifs is 1. The highest BCUT2D eigenvalue weighted by Gasteiger charge is 2.48. The van der Waals surface area contributed by atoms with Gasteiger partial charge >= 0.3 is 0 Å². The van der Waals surface area contributed by atoms with Crippen LogP contribution in [0.25, 0.3) is 0 Å². The molecule has 2 heterocycles. The van der Waals surface area contributed by atoms with Crippen molar-refractivity contribution in [1.29, 1.82) is 0 Å². The number of nitrogens with zero attached hydrogens (tertiary/aromatic N) is 1. The van der Waals surface area contributed by atoms with Crippen LogP contribution >= 0.6 is 0 Å². The first-order chi connectivity index (χ1) is 7.38. The second-order valence-electron chi connectivity index (χ2n) is 4.48. The minimum atomic E-state index is 0.159. The van der Waals surface area contributed by atoms with Crippen molar-refractivity contribution in [3.05, 3.63) is 35.9 Å². The van der Waals surface area contributed by atoms with Gasteiger partial charge in [-0.15, -0.1) is 0 Å². The molecule has 1 aromatic rings. The highest BCUT2D eigenvalue weighted by molar-refractivity contribution is 5.91. The molecule has 0 aliphatic carbocycles. The maximum atomic E-state index is 11.9. The highest BCUT2D eigenvalue weighted by atomic mass is 16.2. The Morgan fingerprint density at radius 1 is 1.13 bits per heavy atom. The van der Waals surface area contributed by atoms with E-state index in [1.54, 1.807) is 0 Å². The normalized spacial score (nSPS) is 29.6. The average molecular weight is 201 g/mol. The summed E-state index contributed by atoms with van der Waals surface area (Å²) in [5.41, 5.74) is 1.20. The van der Waals surface area contributed by atoms with E-state index >= 15 is 0 Å². The predicted molar refractivity (Wildman–Crippen MR) is 58.5 cm³/mol. The van der Waals surface area contributed by atoms with E-state index in [-0.39, 0.29) is 5.92 Å². The Kier molecular flexibility index (Phi) is 2.01. The van der Waals surface area contributed by atoms with Gasteiger partial charge in [0.1, 0.15) is 0 Å². The molecule has 0 N–H and O–H groups in total. The number of benzene rings is 1. The maximum Gasteiger partial charge on any atom is 0.232 e.